The van der Waals surface area contributed by atoms with Crippen LogP contribution in [0.15, 0.2) is 30.3 Å². The lowest BCUT2D eigenvalue weighted by atomic mass is 9.80. The number of nitrogens with one attached hydrogen (secondary N) is 1. The molecule has 1 nitrogen and oxygen atoms in total. The van der Waals surface area contributed by atoms with E-state index in [1.54, 1.807) is 0 Å². The van der Waals surface area contributed by atoms with Crippen molar-refractivity contribution < 1.29 is 0 Å². The Morgan fingerprint density at radius 1 is 1.31 bits per heavy atom. The van der Waals surface area contributed by atoms with E-state index >= 15 is 0 Å². The van der Waals surface area contributed by atoms with Crippen LogP contribution in [0.5, 0.6) is 0 Å². The van der Waals surface area contributed by atoms with Crippen LogP contribution in [0, 0.1) is 5.92 Å². The van der Waals surface area contributed by atoms with E-state index in [9.17, 15) is 0 Å². The summed E-state index contributed by atoms with van der Waals surface area (Å²) in [5.74, 6) is 1.45. The van der Waals surface area contributed by atoms with Crippen LogP contribution < -0.4 is 5.32 Å². The van der Waals surface area contributed by atoms with Crippen LogP contribution in [0.3, 0.4) is 0 Å². The monoisotopic (exact) mass is 217 g/mol. The van der Waals surface area contributed by atoms with Crippen LogP contribution >= 0.6 is 0 Å². The van der Waals surface area contributed by atoms with Crippen molar-refractivity contribution in [1.82, 2.24) is 5.32 Å². The minimum Gasteiger partial charge on any atom is -0.313 e. The molecule has 2 rings (SSSR count). The van der Waals surface area contributed by atoms with Gasteiger partial charge in [-0.15, -0.1) is 0 Å². The van der Waals surface area contributed by atoms with Gasteiger partial charge in [-0.25, -0.2) is 0 Å². The first-order valence-corrected chi connectivity index (χ1v) is 6.61. The molecular weight excluding hydrogens is 194 g/mol. The Hall–Kier alpha value is -0.820. The molecule has 1 aliphatic rings. The van der Waals surface area contributed by atoms with Crippen molar-refractivity contribution in [3.05, 3.63) is 35.9 Å². The minimum absolute atomic E-state index is 0.689. The van der Waals surface area contributed by atoms with Crippen LogP contribution in [0.4, 0.5) is 0 Å². The Bertz CT molecular complexity index is 300. The predicted molar refractivity (Wildman–Crippen MR) is 69.7 cm³/mol. The van der Waals surface area contributed by atoms with Crippen LogP contribution in [-0.4, -0.2) is 12.6 Å². The number of rotatable bonds is 4. The zero-order valence-corrected chi connectivity index (χ0v) is 10.4. The van der Waals surface area contributed by atoms with Crippen molar-refractivity contribution >= 4 is 0 Å². The van der Waals surface area contributed by atoms with E-state index in [0.29, 0.717) is 12.0 Å². The third-order valence-corrected chi connectivity index (χ3v) is 3.97. The SMILES string of the molecule is CCC(C)C(c1ccccc1)C1CCCN1. The fraction of sp³-hybridized carbons (Fsp3) is 0.600. The molecule has 88 valence electrons. The lowest BCUT2D eigenvalue weighted by Crippen LogP contribution is -2.32. The molecule has 0 spiro atoms. The zero-order chi connectivity index (χ0) is 11.4. The Morgan fingerprint density at radius 3 is 2.62 bits per heavy atom. The van der Waals surface area contributed by atoms with Gasteiger partial charge in [0, 0.05) is 12.0 Å². The van der Waals surface area contributed by atoms with E-state index in [0.717, 1.165) is 5.92 Å². The summed E-state index contributed by atoms with van der Waals surface area (Å²) in [5.41, 5.74) is 1.51. The summed E-state index contributed by atoms with van der Waals surface area (Å²) in [6.45, 7) is 5.89. The molecular formula is C15H23N. The molecule has 1 aromatic rings. The second-order valence-electron chi connectivity index (χ2n) is 5.02. The Labute approximate surface area is 99.3 Å². The van der Waals surface area contributed by atoms with Gasteiger partial charge in [-0.05, 0) is 30.9 Å². The van der Waals surface area contributed by atoms with Gasteiger partial charge in [-0.1, -0.05) is 50.6 Å². The van der Waals surface area contributed by atoms with Gasteiger partial charge in [0.2, 0.25) is 0 Å². The van der Waals surface area contributed by atoms with Crippen molar-refractivity contribution in [2.45, 2.75) is 45.1 Å². The summed E-state index contributed by atoms with van der Waals surface area (Å²) in [4.78, 5) is 0. The Kier molecular flexibility index (Phi) is 4.00. The van der Waals surface area contributed by atoms with Crippen molar-refractivity contribution in [1.29, 1.82) is 0 Å². The van der Waals surface area contributed by atoms with Crippen LogP contribution in [0.1, 0.15) is 44.6 Å². The van der Waals surface area contributed by atoms with Gasteiger partial charge in [0.25, 0.3) is 0 Å². The largest absolute Gasteiger partial charge is 0.313 e. The van der Waals surface area contributed by atoms with Crippen molar-refractivity contribution in [3.63, 3.8) is 0 Å². The quantitative estimate of drug-likeness (QED) is 0.813. The fourth-order valence-corrected chi connectivity index (χ4v) is 2.90. The minimum atomic E-state index is 0.689. The molecule has 0 aliphatic carbocycles. The highest BCUT2D eigenvalue weighted by atomic mass is 14.9. The Balaban J connectivity index is 2.20. The van der Waals surface area contributed by atoms with E-state index in [1.807, 2.05) is 0 Å². The van der Waals surface area contributed by atoms with Gasteiger partial charge in [0.05, 0.1) is 0 Å². The topological polar surface area (TPSA) is 12.0 Å². The molecule has 1 heteroatoms. The van der Waals surface area contributed by atoms with Gasteiger partial charge in [0.15, 0.2) is 0 Å². The molecule has 1 N–H and O–H groups in total. The molecule has 0 aromatic heterocycles. The van der Waals surface area contributed by atoms with Crippen LogP contribution in [-0.2, 0) is 0 Å². The lowest BCUT2D eigenvalue weighted by Gasteiger charge is -2.29. The normalized spacial score (nSPS) is 24.2. The average molecular weight is 217 g/mol. The highest BCUT2D eigenvalue weighted by Crippen LogP contribution is 2.33. The van der Waals surface area contributed by atoms with Gasteiger partial charge >= 0.3 is 0 Å². The molecule has 3 unspecified atom stereocenters. The maximum Gasteiger partial charge on any atom is 0.0139 e. The summed E-state index contributed by atoms with van der Waals surface area (Å²) in [7, 11) is 0. The first-order chi connectivity index (χ1) is 7.83. The highest BCUT2D eigenvalue weighted by Gasteiger charge is 2.29. The highest BCUT2D eigenvalue weighted by molar-refractivity contribution is 5.22. The van der Waals surface area contributed by atoms with Gasteiger partial charge in [-0.2, -0.15) is 0 Å². The molecule has 1 aromatic carbocycles. The van der Waals surface area contributed by atoms with Crippen LogP contribution in [0.2, 0.25) is 0 Å². The van der Waals surface area contributed by atoms with Gasteiger partial charge in [0.1, 0.15) is 0 Å². The zero-order valence-electron chi connectivity index (χ0n) is 10.4. The number of benzene rings is 1. The first kappa shape index (κ1) is 11.7. The van der Waals surface area contributed by atoms with Gasteiger partial charge in [-0.3, -0.25) is 0 Å². The van der Waals surface area contributed by atoms with Gasteiger partial charge < -0.3 is 5.32 Å². The molecule has 1 fully saturated rings. The van der Waals surface area contributed by atoms with E-state index in [2.05, 4.69) is 49.5 Å². The van der Waals surface area contributed by atoms with E-state index in [1.165, 1.54) is 31.4 Å². The second-order valence-corrected chi connectivity index (χ2v) is 5.02. The first-order valence-electron chi connectivity index (χ1n) is 6.61. The summed E-state index contributed by atoms with van der Waals surface area (Å²) < 4.78 is 0. The van der Waals surface area contributed by atoms with E-state index in [4.69, 9.17) is 0 Å². The van der Waals surface area contributed by atoms with Crippen molar-refractivity contribution in [2.75, 3.05) is 6.54 Å². The van der Waals surface area contributed by atoms with E-state index in [-0.39, 0.29) is 0 Å². The standard InChI is InChI=1S/C15H23N/c1-3-12(2)15(14-10-7-11-16-14)13-8-5-4-6-9-13/h4-6,8-9,12,14-16H,3,7,10-11H2,1-2H3. The number of hydrogen-bond acceptors (Lipinski definition) is 1. The molecule has 0 bridgehead atoms. The molecule has 0 radical (unpaired) electrons. The Morgan fingerprint density at radius 2 is 2.06 bits per heavy atom. The summed E-state index contributed by atoms with van der Waals surface area (Å²) >= 11 is 0. The second kappa shape index (κ2) is 5.49. The fourth-order valence-electron chi connectivity index (χ4n) is 2.90. The summed E-state index contributed by atoms with van der Waals surface area (Å²) in [5, 5.41) is 3.67. The summed E-state index contributed by atoms with van der Waals surface area (Å²) in [6.07, 6.45) is 3.94. The lowest BCUT2D eigenvalue weighted by molar-refractivity contribution is 0.360. The smallest absolute Gasteiger partial charge is 0.0139 e. The van der Waals surface area contributed by atoms with Crippen molar-refractivity contribution in [3.8, 4) is 0 Å². The maximum absolute atomic E-state index is 3.67. The molecule has 3 atom stereocenters. The molecule has 16 heavy (non-hydrogen) atoms. The molecule has 1 saturated heterocycles. The molecule has 0 saturated carbocycles. The maximum atomic E-state index is 3.67. The van der Waals surface area contributed by atoms with Crippen LogP contribution in [0.25, 0.3) is 0 Å². The third kappa shape index (κ3) is 2.46. The predicted octanol–water partition coefficient (Wildman–Crippen LogP) is 3.57. The summed E-state index contributed by atoms with van der Waals surface area (Å²) in [6, 6.07) is 11.7. The molecule has 0 amide bonds. The third-order valence-electron chi connectivity index (χ3n) is 3.97. The van der Waals surface area contributed by atoms with E-state index < -0.39 is 0 Å². The number of hydrogen-bond donors (Lipinski definition) is 1. The average Bonchev–Trinajstić information content (AvgIpc) is 2.84. The van der Waals surface area contributed by atoms with Crippen molar-refractivity contribution in [2.24, 2.45) is 5.92 Å². The molecule has 1 aliphatic heterocycles. The molecule has 1 heterocycles.